The predicted octanol–water partition coefficient (Wildman–Crippen LogP) is 1.13. The van der Waals surface area contributed by atoms with Crippen molar-refractivity contribution < 1.29 is 0 Å². The van der Waals surface area contributed by atoms with E-state index in [-0.39, 0.29) is 0 Å². The molecule has 16 heavy (non-hydrogen) atoms. The van der Waals surface area contributed by atoms with Crippen LogP contribution in [0.2, 0.25) is 0 Å². The minimum Gasteiger partial charge on any atom is -0.356 e. The SMILES string of the molecule is Cc1nn(C)c(N(C)C2CCSC2)c1CN. The average molecular weight is 240 g/mol. The van der Waals surface area contributed by atoms with Gasteiger partial charge in [0.15, 0.2) is 0 Å². The van der Waals surface area contributed by atoms with Crippen LogP contribution in [-0.4, -0.2) is 34.4 Å². The second-order valence-electron chi connectivity index (χ2n) is 4.34. The first-order valence-corrected chi connectivity index (χ1v) is 6.83. The smallest absolute Gasteiger partial charge is 0.131 e. The molecule has 2 heterocycles. The molecular weight excluding hydrogens is 220 g/mol. The standard InChI is InChI=1S/C11H20N4S/c1-8-10(6-12)11(15(3)13-8)14(2)9-4-5-16-7-9/h9H,4-7,12H2,1-3H3. The molecule has 1 atom stereocenters. The van der Waals surface area contributed by atoms with Crippen molar-refractivity contribution in [3.63, 3.8) is 0 Å². The van der Waals surface area contributed by atoms with Gasteiger partial charge in [-0.2, -0.15) is 16.9 Å². The minimum atomic E-state index is 0.569. The average Bonchev–Trinajstić information content (AvgIpc) is 2.84. The van der Waals surface area contributed by atoms with E-state index in [2.05, 4.69) is 17.0 Å². The van der Waals surface area contributed by atoms with Crippen molar-refractivity contribution in [1.29, 1.82) is 0 Å². The summed E-state index contributed by atoms with van der Waals surface area (Å²) in [6, 6.07) is 0.630. The van der Waals surface area contributed by atoms with Gasteiger partial charge in [-0.25, -0.2) is 0 Å². The van der Waals surface area contributed by atoms with Crippen molar-refractivity contribution in [3.05, 3.63) is 11.3 Å². The first-order valence-electron chi connectivity index (χ1n) is 5.68. The molecule has 2 rings (SSSR count). The van der Waals surface area contributed by atoms with E-state index in [1.54, 1.807) is 0 Å². The molecule has 1 aliphatic heterocycles. The fraction of sp³-hybridized carbons (Fsp3) is 0.727. The third kappa shape index (κ3) is 1.94. The zero-order chi connectivity index (χ0) is 11.7. The second-order valence-corrected chi connectivity index (χ2v) is 5.49. The van der Waals surface area contributed by atoms with Gasteiger partial charge in [0.05, 0.1) is 5.69 Å². The van der Waals surface area contributed by atoms with E-state index in [1.165, 1.54) is 29.3 Å². The molecule has 0 aliphatic carbocycles. The van der Waals surface area contributed by atoms with Crippen LogP contribution in [0.5, 0.6) is 0 Å². The van der Waals surface area contributed by atoms with Crippen LogP contribution >= 0.6 is 11.8 Å². The molecule has 0 radical (unpaired) electrons. The van der Waals surface area contributed by atoms with Gasteiger partial charge >= 0.3 is 0 Å². The summed E-state index contributed by atoms with van der Waals surface area (Å²) in [5.74, 6) is 3.67. The van der Waals surface area contributed by atoms with E-state index in [1.807, 2.05) is 30.4 Å². The predicted molar refractivity (Wildman–Crippen MR) is 70.0 cm³/mol. The van der Waals surface area contributed by atoms with Crippen LogP contribution < -0.4 is 10.6 Å². The zero-order valence-electron chi connectivity index (χ0n) is 10.2. The van der Waals surface area contributed by atoms with Crippen LogP contribution in [0.15, 0.2) is 0 Å². The molecule has 0 bridgehead atoms. The minimum absolute atomic E-state index is 0.569. The highest BCUT2D eigenvalue weighted by atomic mass is 32.2. The summed E-state index contributed by atoms with van der Waals surface area (Å²) < 4.78 is 1.96. The summed E-state index contributed by atoms with van der Waals surface area (Å²) in [6.45, 7) is 2.60. The molecule has 4 nitrogen and oxygen atoms in total. The Balaban J connectivity index is 2.30. The molecule has 1 aromatic heterocycles. The van der Waals surface area contributed by atoms with Crippen LogP contribution in [0.4, 0.5) is 5.82 Å². The number of aromatic nitrogens is 2. The third-order valence-corrected chi connectivity index (χ3v) is 4.45. The molecule has 1 aromatic rings. The maximum absolute atomic E-state index is 5.82. The molecule has 0 spiro atoms. The number of thioether (sulfide) groups is 1. The van der Waals surface area contributed by atoms with Crippen LogP contribution in [0.3, 0.4) is 0 Å². The van der Waals surface area contributed by atoms with Crippen molar-refractivity contribution in [2.75, 3.05) is 23.5 Å². The lowest BCUT2D eigenvalue weighted by Gasteiger charge is -2.26. The van der Waals surface area contributed by atoms with Crippen molar-refractivity contribution in [2.45, 2.75) is 25.9 Å². The molecule has 0 saturated carbocycles. The first kappa shape index (κ1) is 11.8. The van der Waals surface area contributed by atoms with Gasteiger partial charge in [-0.1, -0.05) is 0 Å². The number of aryl methyl sites for hydroxylation is 2. The summed E-state index contributed by atoms with van der Waals surface area (Å²) >= 11 is 2.03. The van der Waals surface area contributed by atoms with Gasteiger partial charge in [-0.3, -0.25) is 4.68 Å². The van der Waals surface area contributed by atoms with Gasteiger partial charge in [-0.05, 0) is 19.1 Å². The lowest BCUT2D eigenvalue weighted by molar-refractivity contribution is 0.651. The summed E-state index contributed by atoms with van der Waals surface area (Å²) in [5, 5.41) is 4.46. The van der Waals surface area contributed by atoms with Gasteiger partial charge in [0.25, 0.3) is 0 Å². The van der Waals surface area contributed by atoms with Gasteiger partial charge in [0.2, 0.25) is 0 Å². The first-order chi connectivity index (χ1) is 7.65. The maximum atomic E-state index is 5.82. The van der Waals surface area contributed by atoms with Crippen molar-refractivity contribution >= 4 is 17.6 Å². The highest BCUT2D eigenvalue weighted by molar-refractivity contribution is 7.99. The number of hydrogen-bond acceptors (Lipinski definition) is 4. The molecule has 5 heteroatoms. The number of nitrogens with two attached hydrogens (primary N) is 1. The maximum Gasteiger partial charge on any atom is 0.131 e. The van der Waals surface area contributed by atoms with E-state index >= 15 is 0 Å². The normalized spacial score (nSPS) is 20.4. The molecule has 2 N–H and O–H groups in total. The Hall–Kier alpha value is -0.680. The Labute approximate surface area is 101 Å². The van der Waals surface area contributed by atoms with E-state index in [0.29, 0.717) is 12.6 Å². The Bertz CT molecular complexity index is 368. The van der Waals surface area contributed by atoms with Crippen LogP contribution in [0.25, 0.3) is 0 Å². The summed E-state index contributed by atoms with van der Waals surface area (Å²) in [4.78, 5) is 2.35. The van der Waals surface area contributed by atoms with Crippen molar-refractivity contribution in [1.82, 2.24) is 9.78 Å². The number of anilines is 1. The monoisotopic (exact) mass is 240 g/mol. The zero-order valence-corrected chi connectivity index (χ0v) is 11.0. The lowest BCUT2D eigenvalue weighted by atomic mass is 10.2. The summed E-state index contributed by atoms with van der Waals surface area (Å²) in [6.07, 6.45) is 1.26. The van der Waals surface area contributed by atoms with Crippen LogP contribution in [0, 0.1) is 6.92 Å². The molecule has 0 amide bonds. The van der Waals surface area contributed by atoms with Gasteiger partial charge in [-0.15, -0.1) is 0 Å². The second kappa shape index (κ2) is 4.67. The Kier molecular flexibility index (Phi) is 3.44. The van der Waals surface area contributed by atoms with E-state index < -0.39 is 0 Å². The molecular formula is C11H20N4S. The third-order valence-electron chi connectivity index (χ3n) is 3.30. The van der Waals surface area contributed by atoms with Gasteiger partial charge in [0.1, 0.15) is 5.82 Å². The summed E-state index contributed by atoms with van der Waals surface area (Å²) in [7, 11) is 4.16. The molecule has 0 aromatic carbocycles. The topological polar surface area (TPSA) is 47.1 Å². The largest absolute Gasteiger partial charge is 0.356 e. The van der Waals surface area contributed by atoms with Crippen molar-refractivity contribution in [2.24, 2.45) is 12.8 Å². The van der Waals surface area contributed by atoms with Crippen molar-refractivity contribution in [3.8, 4) is 0 Å². The highest BCUT2D eigenvalue weighted by Crippen LogP contribution is 2.29. The number of hydrogen-bond donors (Lipinski definition) is 1. The fourth-order valence-electron chi connectivity index (χ4n) is 2.37. The quantitative estimate of drug-likeness (QED) is 0.860. The van der Waals surface area contributed by atoms with Gasteiger partial charge < -0.3 is 10.6 Å². The van der Waals surface area contributed by atoms with Gasteiger partial charge in [0, 0.05) is 38.0 Å². The molecule has 1 unspecified atom stereocenters. The molecule has 1 fully saturated rings. The summed E-state index contributed by atoms with van der Waals surface area (Å²) in [5.41, 5.74) is 8.05. The molecule has 1 aliphatic rings. The van der Waals surface area contributed by atoms with Crippen LogP contribution in [0.1, 0.15) is 17.7 Å². The fourth-order valence-corrected chi connectivity index (χ4v) is 3.64. The van der Waals surface area contributed by atoms with E-state index in [9.17, 15) is 0 Å². The molecule has 1 saturated heterocycles. The Morgan fingerprint density at radius 3 is 2.94 bits per heavy atom. The van der Waals surface area contributed by atoms with E-state index in [4.69, 9.17) is 5.73 Å². The van der Waals surface area contributed by atoms with E-state index in [0.717, 1.165) is 5.69 Å². The molecule has 90 valence electrons. The Morgan fingerprint density at radius 2 is 2.38 bits per heavy atom. The Morgan fingerprint density at radius 1 is 1.62 bits per heavy atom. The highest BCUT2D eigenvalue weighted by Gasteiger charge is 2.25. The number of nitrogens with zero attached hydrogens (tertiary/aromatic N) is 3. The van der Waals surface area contributed by atoms with Crippen LogP contribution in [-0.2, 0) is 13.6 Å². The number of rotatable bonds is 3. The lowest BCUT2D eigenvalue weighted by Crippen LogP contribution is -2.33.